The van der Waals surface area contributed by atoms with Crippen LogP contribution in [-0.2, 0) is 22.5 Å². The zero-order valence-corrected chi connectivity index (χ0v) is 12.4. The van der Waals surface area contributed by atoms with E-state index in [0.717, 1.165) is 12.0 Å². The van der Waals surface area contributed by atoms with Crippen LogP contribution in [0.25, 0.3) is 0 Å². The highest BCUT2D eigenvalue weighted by atomic mass is 16.6. The van der Waals surface area contributed by atoms with E-state index in [0.29, 0.717) is 13.3 Å². The van der Waals surface area contributed by atoms with E-state index in [-0.39, 0.29) is 18.7 Å². The van der Waals surface area contributed by atoms with Gasteiger partial charge in [-0.3, -0.25) is 4.90 Å². The summed E-state index contributed by atoms with van der Waals surface area (Å²) in [6.07, 6.45) is 0.462. The monoisotopic (exact) mass is 297 g/mol. The van der Waals surface area contributed by atoms with Crippen LogP contribution in [0.1, 0.15) is 11.1 Å². The van der Waals surface area contributed by atoms with E-state index in [1.807, 2.05) is 48.5 Å². The van der Waals surface area contributed by atoms with Gasteiger partial charge in [0, 0.05) is 0 Å². The lowest BCUT2D eigenvalue weighted by Crippen LogP contribution is -2.38. The van der Waals surface area contributed by atoms with Crippen LogP contribution in [0.4, 0.5) is 4.79 Å². The molecule has 4 heteroatoms. The Morgan fingerprint density at radius 1 is 1.05 bits per heavy atom. The van der Waals surface area contributed by atoms with Crippen LogP contribution in [0.2, 0.25) is 0 Å². The first-order chi connectivity index (χ1) is 10.8. The van der Waals surface area contributed by atoms with E-state index < -0.39 is 0 Å². The SMILES string of the molecule is O=C(OCc1ccccc1)N1COC[C@@H]1Cc1ccccc1. The molecule has 2 aromatic carbocycles. The van der Waals surface area contributed by atoms with Gasteiger partial charge in [0.1, 0.15) is 13.3 Å². The summed E-state index contributed by atoms with van der Waals surface area (Å²) in [7, 11) is 0. The van der Waals surface area contributed by atoms with Crippen molar-refractivity contribution in [2.24, 2.45) is 0 Å². The smallest absolute Gasteiger partial charge is 0.412 e. The molecule has 1 heterocycles. The topological polar surface area (TPSA) is 38.8 Å². The Balaban J connectivity index is 1.57. The molecule has 1 aliphatic heterocycles. The van der Waals surface area contributed by atoms with Gasteiger partial charge in [0.15, 0.2) is 0 Å². The zero-order valence-electron chi connectivity index (χ0n) is 12.4. The second-order valence-electron chi connectivity index (χ2n) is 5.35. The third kappa shape index (κ3) is 3.65. The van der Waals surface area contributed by atoms with Crippen LogP contribution >= 0.6 is 0 Å². The molecular weight excluding hydrogens is 278 g/mol. The third-order valence-electron chi connectivity index (χ3n) is 3.74. The quantitative estimate of drug-likeness (QED) is 0.869. The summed E-state index contributed by atoms with van der Waals surface area (Å²) in [4.78, 5) is 13.9. The predicted octanol–water partition coefficient (Wildman–Crippen LogP) is 3.22. The molecule has 1 fully saturated rings. The van der Waals surface area contributed by atoms with Crippen molar-refractivity contribution in [3.8, 4) is 0 Å². The van der Waals surface area contributed by atoms with Gasteiger partial charge in [-0.2, -0.15) is 0 Å². The molecule has 1 atom stereocenters. The van der Waals surface area contributed by atoms with Crippen LogP contribution in [0.5, 0.6) is 0 Å². The molecule has 1 amide bonds. The van der Waals surface area contributed by atoms with Gasteiger partial charge in [-0.1, -0.05) is 60.7 Å². The molecule has 22 heavy (non-hydrogen) atoms. The fraction of sp³-hybridized carbons (Fsp3) is 0.278. The maximum absolute atomic E-state index is 12.2. The molecule has 1 saturated heterocycles. The first-order valence-electron chi connectivity index (χ1n) is 7.42. The summed E-state index contributed by atoms with van der Waals surface area (Å²) >= 11 is 0. The number of carbonyl (C=O) groups excluding carboxylic acids is 1. The molecule has 0 radical (unpaired) electrons. The Labute approximate surface area is 130 Å². The molecule has 1 aliphatic rings. The normalized spacial score (nSPS) is 17.5. The van der Waals surface area contributed by atoms with E-state index in [2.05, 4.69) is 12.1 Å². The number of hydrogen-bond acceptors (Lipinski definition) is 3. The van der Waals surface area contributed by atoms with Crippen molar-refractivity contribution in [2.75, 3.05) is 13.3 Å². The molecular formula is C18H19NO3. The number of hydrogen-bond donors (Lipinski definition) is 0. The van der Waals surface area contributed by atoms with Gasteiger partial charge in [0.05, 0.1) is 12.6 Å². The van der Waals surface area contributed by atoms with E-state index in [1.165, 1.54) is 5.56 Å². The first-order valence-corrected chi connectivity index (χ1v) is 7.42. The van der Waals surface area contributed by atoms with Crippen molar-refractivity contribution in [3.63, 3.8) is 0 Å². The molecule has 0 spiro atoms. The highest BCUT2D eigenvalue weighted by Crippen LogP contribution is 2.17. The van der Waals surface area contributed by atoms with Gasteiger partial charge < -0.3 is 9.47 Å². The van der Waals surface area contributed by atoms with Crippen LogP contribution in [0.15, 0.2) is 60.7 Å². The molecule has 0 saturated carbocycles. The van der Waals surface area contributed by atoms with Crippen LogP contribution in [0, 0.1) is 0 Å². The molecule has 114 valence electrons. The average Bonchev–Trinajstić information content (AvgIpc) is 3.03. The molecule has 0 bridgehead atoms. The molecule has 4 nitrogen and oxygen atoms in total. The zero-order chi connectivity index (χ0) is 15.2. The van der Waals surface area contributed by atoms with Gasteiger partial charge in [0.2, 0.25) is 0 Å². The standard InChI is InChI=1S/C18H19NO3/c20-18(22-12-16-9-5-2-6-10-16)19-14-21-13-17(19)11-15-7-3-1-4-8-15/h1-10,17H,11-14H2/t17-/m0/s1. The summed E-state index contributed by atoms with van der Waals surface area (Å²) in [6, 6.07) is 19.8. The van der Waals surface area contributed by atoms with Gasteiger partial charge in [-0.15, -0.1) is 0 Å². The molecule has 0 aliphatic carbocycles. The van der Waals surface area contributed by atoms with Gasteiger partial charge in [-0.25, -0.2) is 4.79 Å². The summed E-state index contributed by atoms with van der Waals surface area (Å²) in [6.45, 7) is 1.13. The van der Waals surface area contributed by atoms with Crippen molar-refractivity contribution in [2.45, 2.75) is 19.1 Å². The van der Waals surface area contributed by atoms with Crippen molar-refractivity contribution in [1.29, 1.82) is 0 Å². The fourth-order valence-electron chi connectivity index (χ4n) is 2.54. The minimum atomic E-state index is -0.317. The van der Waals surface area contributed by atoms with E-state index in [4.69, 9.17) is 9.47 Å². The van der Waals surface area contributed by atoms with Crippen LogP contribution in [0.3, 0.4) is 0 Å². The summed E-state index contributed by atoms with van der Waals surface area (Å²) < 4.78 is 10.8. The molecule has 0 unspecified atom stereocenters. The minimum absolute atomic E-state index is 0.0330. The Bertz CT molecular complexity index is 600. The summed E-state index contributed by atoms with van der Waals surface area (Å²) in [5.41, 5.74) is 2.18. The average molecular weight is 297 g/mol. The summed E-state index contributed by atoms with van der Waals surface area (Å²) in [5, 5.41) is 0. The molecule has 0 N–H and O–H groups in total. The highest BCUT2D eigenvalue weighted by molar-refractivity contribution is 5.68. The third-order valence-corrected chi connectivity index (χ3v) is 3.74. The summed E-state index contributed by atoms with van der Waals surface area (Å²) in [5.74, 6) is 0. The second kappa shape index (κ2) is 7.09. The van der Waals surface area contributed by atoms with Crippen LogP contribution in [-0.4, -0.2) is 30.4 Å². The lowest BCUT2D eigenvalue weighted by molar-refractivity contribution is 0.0758. The Morgan fingerprint density at radius 2 is 1.68 bits per heavy atom. The lowest BCUT2D eigenvalue weighted by atomic mass is 10.1. The van der Waals surface area contributed by atoms with Crippen molar-refractivity contribution in [3.05, 3.63) is 71.8 Å². The van der Waals surface area contributed by atoms with E-state index in [9.17, 15) is 4.79 Å². The largest absolute Gasteiger partial charge is 0.444 e. The maximum atomic E-state index is 12.2. The number of carbonyl (C=O) groups is 1. The van der Waals surface area contributed by atoms with Crippen molar-refractivity contribution in [1.82, 2.24) is 4.90 Å². The lowest BCUT2D eigenvalue weighted by Gasteiger charge is -2.22. The fourth-order valence-corrected chi connectivity index (χ4v) is 2.54. The van der Waals surface area contributed by atoms with E-state index in [1.54, 1.807) is 4.90 Å². The van der Waals surface area contributed by atoms with Gasteiger partial charge >= 0.3 is 6.09 Å². The Morgan fingerprint density at radius 3 is 2.36 bits per heavy atom. The molecule has 3 rings (SSSR count). The predicted molar refractivity (Wildman–Crippen MR) is 83.2 cm³/mol. The highest BCUT2D eigenvalue weighted by Gasteiger charge is 2.30. The number of nitrogens with zero attached hydrogens (tertiary/aromatic N) is 1. The minimum Gasteiger partial charge on any atom is -0.444 e. The Hall–Kier alpha value is -2.33. The van der Waals surface area contributed by atoms with Gasteiger partial charge in [-0.05, 0) is 17.5 Å². The number of benzene rings is 2. The van der Waals surface area contributed by atoms with Gasteiger partial charge in [0.25, 0.3) is 0 Å². The number of rotatable bonds is 4. The number of ether oxygens (including phenoxy) is 2. The Kier molecular flexibility index (Phi) is 4.71. The molecule has 2 aromatic rings. The van der Waals surface area contributed by atoms with Crippen molar-refractivity contribution >= 4 is 6.09 Å². The molecule has 0 aromatic heterocycles. The van der Waals surface area contributed by atoms with E-state index >= 15 is 0 Å². The van der Waals surface area contributed by atoms with Crippen molar-refractivity contribution < 1.29 is 14.3 Å². The second-order valence-corrected chi connectivity index (χ2v) is 5.35. The first kappa shape index (κ1) is 14.6. The number of amides is 1. The maximum Gasteiger partial charge on any atom is 0.412 e. The van der Waals surface area contributed by atoms with Crippen LogP contribution < -0.4 is 0 Å².